The number of hydrogen-bond acceptors (Lipinski definition) is 17. The quantitative estimate of drug-likeness (QED) is 0.00664. The highest BCUT2D eigenvalue weighted by Crippen LogP contribution is 2.36. The number of hydroxylamine groups is 2. The number of nitrogens with two attached hydrogens (primary N) is 1. The predicted octanol–water partition coefficient (Wildman–Crippen LogP) is 13.7. The number of carbonyl (C=O) groups is 8. The molecule has 24 heteroatoms. The molecule has 23 nitrogen and oxygen atoms in total. The van der Waals surface area contributed by atoms with Crippen LogP contribution in [0, 0.1) is 0 Å². The van der Waals surface area contributed by atoms with E-state index in [1.54, 1.807) is 69.3 Å². The van der Waals surface area contributed by atoms with Crippen molar-refractivity contribution in [1.29, 1.82) is 0 Å². The molecule has 0 spiro atoms. The van der Waals surface area contributed by atoms with E-state index >= 15 is 0 Å². The van der Waals surface area contributed by atoms with Crippen LogP contribution in [0.25, 0.3) is 0 Å². The van der Waals surface area contributed by atoms with Crippen molar-refractivity contribution < 1.29 is 78.1 Å². The van der Waals surface area contributed by atoms with Gasteiger partial charge in [0.15, 0.2) is 8.32 Å². The molecule has 0 bridgehead atoms. The lowest BCUT2D eigenvalue weighted by atomic mass is 10.1. The Labute approximate surface area is 624 Å². The molecule has 568 valence electrons. The average Bonchev–Trinajstić information content (AvgIpc) is 0.865. The number of ether oxygens (including phenoxy) is 2. The van der Waals surface area contributed by atoms with Gasteiger partial charge in [0.1, 0.15) is 0 Å². The topological polar surface area (TPSA) is 337 Å². The van der Waals surface area contributed by atoms with Crippen LogP contribution in [0.2, 0.25) is 18.1 Å². The molecule has 0 aromatic heterocycles. The molecule has 0 fully saturated rings. The van der Waals surface area contributed by atoms with Gasteiger partial charge in [-0.3, -0.25) is 44.0 Å². The van der Waals surface area contributed by atoms with Crippen LogP contribution in [0.4, 0.5) is 22.7 Å². The summed E-state index contributed by atoms with van der Waals surface area (Å²) in [7, 11) is 1.14. The van der Waals surface area contributed by atoms with E-state index in [1.165, 1.54) is 31.3 Å². The minimum Gasteiger partial charge on any atom is -0.478 e. The van der Waals surface area contributed by atoms with Gasteiger partial charge in [0.05, 0.1) is 33.0 Å². The Balaban J connectivity index is 0.000000346. The Bertz CT molecular complexity index is 3570. The Morgan fingerprint density at radius 1 is 0.434 bits per heavy atom. The average molecular weight is 1470 g/mol. The van der Waals surface area contributed by atoms with E-state index in [0.717, 1.165) is 71.0 Å². The lowest BCUT2D eigenvalue weighted by Crippen LogP contribution is -2.41. The maximum Gasteiger partial charge on any atom is 0.335 e. The van der Waals surface area contributed by atoms with Gasteiger partial charge in [-0.1, -0.05) is 156 Å². The number of anilines is 4. The van der Waals surface area contributed by atoms with Crippen molar-refractivity contribution >= 4 is 78.5 Å². The second-order valence-corrected chi connectivity index (χ2v) is 30.1. The fraction of sp³-hybridized carbons (Fsp3) is 0.317. The third-order valence-corrected chi connectivity index (χ3v) is 21.2. The predicted molar refractivity (Wildman–Crippen MR) is 416 cm³/mol. The smallest absolute Gasteiger partial charge is 0.335 e. The number of aryl methyl sites for hydroxylation is 4. The van der Waals surface area contributed by atoms with Gasteiger partial charge >= 0.3 is 17.9 Å². The molecule has 8 aromatic rings. The zero-order valence-electron chi connectivity index (χ0n) is 62.2. The largest absolute Gasteiger partial charge is 0.478 e. The first kappa shape index (κ1) is 89.5. The van der Waals surface area contributed by atoms with Gasteiger partial charge in [0.25, 0.3) is 17.7 Å². The molecule has 0 aliphatic carbocycles. The maximum absolute atomic E-state index is 12.8. The van der Waals surface area contributed by atoms with Crippen molar-refractivity contribution in [2.45, 2.75) is 117 Å². The van der Waals surface area contributed by atoms with Crippen molar-refractivity contribution in [2.75, 3.05) is 73.6 Å². The molecule has 8 aromatic carbocycles. The Kier molecular flexibility index (Phi) is 42.1. The highest BCUT2D eigenvalue weighted by atomic mass is 28.4. The highest BCUT2D eigenvalue weighted by molar-refractivity contribution is 6.74. The second kappa shape index (κ2) is 49.9. The van der Waals surface area contributed by atoms with Crippen LogP contribution in [-0.4, -0.2) is 135 Å². The van der Waals surface area contributed by atoms with E-state index in [0.29, 0.717) is 73.3 Å². The number of benzene rings is 8. The number of aliphatic hydroxyl groups excluding tert-OH is 1. The number of carboxylic acid groups (broad SMARTS) is 1. The van der Waals surface area contributed by atoms with Gasteiger partial charge in [-0.2, -0.15) is 0 Å². The van der Waals surface area contributed by atoms with Gasteiger partial charge in [-0.05, 0) is 176 Å². The van der Waals surface area contributed by atoms with E-state index in [4.69, 9.17) is 25.2 Å². The number of methoxy groups -OCH3 is 2. The molecular formula is C82H105N7O16Si. The summed E-state index contributed by atoms with van der Waals surface area (Å²) in [5, 5.41) is 45.0. The number of amides is 5. The molecule has 0 aliphatic heterocycles. The number of para-hydroxylation sites is 4. The number of hydrogen-bond donors (Lipinski definition) is 9. The number of nitrogens with zero attached hydrogens (tertiary/aromatic N) is 3. The molecule has 10 N–H and O–H groups in total. The zero-order chi connectivity index (χ0) is 78.3. The number of aromatic carboxylic acids is 1. The molecule has 8 rings (SSSR count). The van der Waals surface area contributed by atoms with Gasteiger partial charge in [0.2, 0.25) is 11.8 Å². The lowest BCUT2D eigenvalue weighted by molar-refractivity contribution is -0.141. The fourth-order valence-electron chi connectivity index (χ4n) is 9.74. The van der Waals surface area contributed by atoms with Gasteiger partial charge < -0.3 is 49.3 Å². The monoisotopic (exact) mass is 1470 g/mol. The first-order valence-electron chi connectivity index (χ1n) is 34.9. The minimum absolute atomic E-state index is 0.0115. The van der Waals surface area contributed by atoms with Crippen molar-refractivity contribution in [3.8, 4) is 0 Å². The fourth-order valence-corrected chi connectivity index (χ4v) is 10.8. The van der Waals surface area contributed by atoms with Crippen molar-refractivity contribution in [3.63, 3.8) is 0 Å². The van der Waals surface area contributed by atoms with Crippen molar-refractivity contribution in [1.82, 2.24) is 11.0 Å². The zero-order valence-corrected chi connectivity index (χ0v) is 63.2. The summed E-state index contributed by atoms with van der Waals surface area (Å²) >= 11 is 0. The lowest BCUT2D eigenvalue weighted by Gasteiger charge is -2.36. The van der Waals surface area contributed by atoms with Gasteiger partial charge in [0, 0.05) is 91.3 Å². The molecule has 0 unspecified atom stereocenters. The van der Waals surface area contributed by atoms with Crippen LogP contribution < -0.4 is 36.9 Å². The summed E-state index contributed by atoms with van der Waals surface area (Å²) in [5.41, 5.74) is 12.6. The molecule has 0 aliphatic rings. The molecule has 0 saturated carbocycles. The summed E-state index contributed by atoms with van der Waals surface area (Å²) in [6, 6.07) is 66.8. The Morgan fingerprint density at radius 2 is 0.726 bits per heavy atom. The number of rotatable bonds is 30. The summed E-state index contributed by atoms with van der Waals surface area (Å²) < 4.78 is 15.2. The SMILES string of the molecule is CC(C)(C)[Si](C)(C)OCCNc1ccccc1.CCCN(C(=O)c1ccc(CCC(=O)NO)cc1)c1ccccc1.CCCN(C(=O)c1ccc(CCC(=O)OC)cc1)c1ccccc1.COC(=O)CCc1ccc(C(=O)O)cc1.NO.O=C(CCc1ccc(C(=O)N(CCO)c2ccccc2)cc1)NO. The van der Waals surface area contributed by atoms with Crippen LogP contribution in [0.15, 0.2) is 218 Å². The van der Waals surface area contributed by atoms with Crippen LogP contribution in [0.3, 0.4) is 0 Å². The normalized spacial score (nSPS) is 10.4. The Hall–Kier alpha value is -10.7. The molecule has 0 heterocycles. The number of aliphatic hydroxyl groups is 1. The molecule has 106 heavy (non-hydrogen) atoms. The van der Waals surface area contributed by atoms with E-state index in [2.05, 4.69) is 73.6 Å². The summed E-state index contributed by atoms with van der Waals surface area (Å²) in [5.74, 6) is 0.932. The number of esters is 2. The standard InChI is InChI=1S/C20H23NO3.C19H22N2O3.C18H20N2O4.C14H25NOSi.C11H12O4.H3NO/c1-3-15-21(18-7-5-4-6-8-18)20(23)17-12-9-16(10-13-17)11-14-19(22)24-2;1-2-14-21(17-6-4-3-5-7-17)19(23)16-11-8-15(9-12-16)10-13-18(22)20-24;21-13-12-20(16-4-2-1-3-5-16)18(23)15-9-6-14(7-10-15)8-11-17(22)19-24;1-14(2,3)17(4,5)16-12-11-15-13-9-7-6-8-10-13;1-15-10(12)7-4-8-2-5-9(6-3-8)11(13)14;1-2/h4-10,12-13H,3,11,14-15H2,1-2H3;3-9,11-12,24H,2,10,13-14H2,1H3,(H,20,22);1-7,9-10,21,24H,8,11-13H2,(H,19,22);6-10,15H,11-12H2,1-5H3;2-3,5-6H,4,7H2,1H3,(H,13,14);2H,1H2. The van der Waals surface area contributed by atoms with E-state index in [-0.39, 0.29) is 61.2 Å². The molecule has 5 amide bonds. The van der Waals surface area contributed by atoms with Gasteiger partial charge in [-0.15, -0.1) is 0 Å². The van der Waals surface area contributed by atoms with Crippen LogP contribution >= 0.6 is 0 Å². The summed E-state index contributed by atoms with van der Waals surface area (Å²) in [6.45, 7) is 18.5. The third-order valence-electron chi connectivity index (χ3n) is 16.7. The molecule has 0 radical (unpaired) electrons. The molecule has 0 atom stereocenters. The number of carboxylic acids is 1. The third kappa shape index (κ3) is 33.0. The molecule has 0 saturated heterocycles. The van der Waals surface area contributed by atoms with Crippen LogP contribution in [-0.2, 0) is 58.8 Å². The van der Waals surface area contributed by atoms with Crippen molar-refractivity contribution in [2.24, 2.45) is 5.90 Å². The maximum atomic E-state index is 12.8. The number of nitrogens with one attached hydrogen (secondary N) is 3. The summed E-state index contributed by atoms with van der Waals surface area (Å²) in [4.78, 5) is 98.0. The van der Waals surface area contributed by atoms with E-state index in [9.17, 15) is 43.5 Å². The van der Waals surface area contributed by atoms with Gasteiger partial charge in [-0.25, -0.2) is 21.7 Å². The first-order chi connectivity index (χ1) is 50.9. The van der Waals surface area contributed by atoms with E-state index < -0.39 is 26.1 Å². The summed E-state index contributed by atoms with van der Waals surface area (Å²) in [6.07, 6.45) is 4.94. The minimum atomic E-state index is -1.58. The van der Waals surface area contributed by atoms with Crippen LogP contribution in [0.5, 0.6) is 0 Å². The second-order valence-electron chi connectivity index (χ2n) is 25.3. The Morgan fingerprint density at radius 3 is 1.00 bits per heavy atom. The highest BCUT2D eigenvalue weighted by Gasteiger charge is 2.37. The number of carbonyl (C=O) groups excluding carboxylic acids is 7. The van der Waals surface area contributed by atoms with Crippen molar-refractivity contribution in [3.05, 3.63) is 263 Å². The molecular weight excluding hydrogens is 1370 g/mol. The first-order valence-corrected chi connectivity index (χ1v) is 37.8. The van der Waals surface area contributed by atoms with E-state index in [1.807, 2.05) is 153 Å². The van der Waals surface area contributed by atoms with Crippen LogP contribution in [0.1, 0.15) is 137 Å².